The fourth-order valence-electron chi connectivity index (χ4n) is 2.74. The molecule has 0 amide bonds. The van der Waals surface area contributed by atoms with Gasteiger partial charge in [0.25, 0.3) is 0 Å². The van der Waals surface area contributed by atoms with Crippen LogP contribution in [0.15, 0.2) is 12.3 Å². The topological polar surface area (TPSA) is 39.9 Å². The molecule has 6 heteroatoms. The number of pyridine rings is 1. The lowest BCUT2D eigenvalue weighted by Crippen LogP contribution is -2.40. The van der Waals surface area contributed by atoms with E-state index in [9.17, 15) is 0 Å². The van der Waals surface area contributed by atoms with Crippen LogP contribution in [0, 0.1) is 0 Å². The van der Waals surface area contributed by atoms with Crippen molar-refractivity contribution < 1.29 is 4.74 Å². The minimum atomic E-state index is -0.141. The number of ether oxygens (including phenoxy) is 1. The van der Waals surface area contributed by atoms with Crippen molar-refractivity contribution in [2.45, 2.75) is 31.2 Å². The highest BCUT2D eigenvalue weighted by Crippen LogP contribution is 2.32. The van der Waals surface area contributed by atoms with Crippen LogP contribution < -0.4 is 0 Å². The van der Waals surface area contributed by atoms with Gasteiger partial charge in [-0.15, -0.1) is 11.6 Å². The first-order chi connectivity index (χ1) is 9.14. The summed E-state index contributed by atoms with van der Waals surface area (Å²) >= 11 is 12.0. The Labute approximate surface area is 121 Å². The van der Waals surface area contributed by atoms with Gasteiger partial charge in [-0.2, -0.15) is 0 Å². The average Bonchev–Trinajstić information content (AvgIpc) is 2.77. The standard InChI is InChI=1S/C13H15Cl2N3O/c1-13(3-2-4-19-8-13)18-11(6-14)17-10-5-9(15)7-16-12(10)18/h5,7H,2-4,6,8H2,1H3. The summed E-state index contributed by atoms with van der Waals surface area (Å²) in [6.45, 7) is 3.64. The van der Waals surface area contributed by atoms with Crippen molar-refractivity contribution in [3.63, 3.8) is 0 Å². The van der Waals surface area contributed by atoms with E-state index in [1.54, 1.807) is 6.20 Å². The second-order valence-corrected chi connectivity index (χ2v) is 5.85. The molecule has 2 aromatic heterocycles. The quantitative estimate of drug-likeness (QED) is 0.799. The number of imidazole rings is 1. The van der Waals surface area contributed by atoms with Crippen LogP contribution >= 0.6 is 23.2 Å². The molecule has 0 radical (unpaired) electrons. The van der Waals surface area contributed by atoms with E-state index >= 15 is 0 Å². The second kappa shape index (κ2) is 4.93. The van der Waals surface area contributed by atoms with Crippen molar-refractivity contribution in [3.8, 4) is 0 Å². The van der Waals surface area contributed by atoms with Gasteiger partial charge in [0.15, 0.2) is 5.65 Å². The molecule has 1 aliphatic heterocycles. The lowest BCUT2D eigenvalue weighted by Gasteiger charge is -2.36. The van der Waals surface area contributed by atoms with Crippen LogP contribution in [0.2, 0.25) is 5.02 Å². The van der Waals surface area contributed by atoms with Gasteiger partial charge in [0.05, 0.1) is 23.0 Å². The van der Waals surface area contributed by atoms with Crippen LogP contribution in [0.5, 0.6) is 0 Å². The van der Waals surface area contributed by atoms with E-state index in [2.05, 4.69) is 21.5 Å². The molecule has 3 heterocycles. The van der Waals surface area contributed by atoms with E-state index in [-0.39, 0.29) is 5.54 Å². The summed E-state index contributed by atoms with van der Waals surface area (Å²) in [6.07, 6.45) is 3.71. The Kier molecular flexibility index (Phi) is 3.41. The first kappa shape index (κ1) is 13.2. The fourth-order valence-corrected chi connectivity index (χ4v) is 3.07. The van der Waals surface area contributed by atoms with E-state index < -0.39 is 0 Å². The molecule has 0 aliphatic carbocycles. The zero-order valence-corrected chi connectivity index (χ0v) is 12.2. The first-order valence-corrected chi connectivity index (χ1v) is 7.22. The molecule has 0 N–H and O–H groups in total. The Hall–Kier alpha value is -0.840. The zero-order valence-electron chi connectivity index (χ0n) is 10.7. The lowest BCUT2D eigenvalue weighted by atomic mass is 9.94. The number of aromatic nitrogens is 3. The van der Waals surface area contributed by atoms with E-state index in [1.165, 1.54) is 0 Å². The third kappa shape index (κ3) is 2.22. The van der Waals surface area contributed by atoms with Crippen molar-refractivity contribution in [3.05, 3.63) is 23.1 Å². The SMILES string of the molecule is CC1(n2c(CCl)nc3cc(Cl)cnc32)CCCOC1. The predicted molar refractivity (Wildman–Crippen MR) is 75.8 cm³/mol. The van der Waals surface area contributed by atoms with Gasteiger partial charge in [-0.05, 0) is 25.8 Å². The Balaban J connectivity index is 2.20. The van der Waals surface area contributed by atoms with Gasteiger partial charge in [-0.25, -0.2) is 9.97 Å². The summed E-state index contributed by atoms with van der Waals surface area (Å²) in [5.41, 5.74) is 1.47. The second-order valence-electron chi connectivity index (χ2n) is 5.15. The van der Waals surface area contributed by atoms with Crippen LogP contribution in [-0.4, -0.2) is 27.7 Å². The summed E-state index contributed by atoms with van der Waals surface area (Å²) in [7, 11) is 0. The molecule has 102 valence electrons. The molecular weight excluding hydrogens is 285 g/mol. The number of alkyl halides is 1. The Morgan fingerprint density at radius 2 is 2.37 bits per heavy atom. The highest BCUT2D eigenvalue weighted by atomic mass is 35.5. The van der Waals surface area contributed by atoms with Gasteiger partial charge in [0, 0.05) is 12.8 Å². The first-order valence-electron chi connectivity index (χ1n) is 6.31. The lowest BCUT2D eigenvalue weighted by molar-refractivity contribution is 0.0102. The Morgan fingerprint density at radius 1 is 1.53 bits per heavy atom. The third-order valence-corrected chi connectivity index (χ3v) is 4.06. The van der Waals surface area contributed by atoms with Gasteiger partial charge in [0.1, 0.15) is 11.3 Å². The highest BCUT2D eigenvalue weighted by Gasteiger charge is 2.33. The molecule has 1 atom stereocenters. The molecule has 1 unspecified atom stereocenters. The van der Waals surface area contributed by atoms with Crippen LogP contribution in [0.25, 0.3) is 11.2 Å². The fraction of sp³-hybridized carbons (Fsp3) is 0.538. The number of halogens is 2. The molecule has 2 aromatic rings. The zero-order chi connectivity index (χ0) is 13.5. The summed E-state index contributed by atoms with van der Waals surface area (Å²) in [5, 5.41) is 0.586. The third-order valence-electron chi connectivity index (χ3n) is 3.61. The molecule has 1 aliphatic rings. The molecule has 3 rings (SSSR count). The molecule has 0 spiro atoms. The summed E-state index contributed by atoms with van der Waals surface area (Å²) in [5.74, 6) is 1.17. The molecule has 4 nitrogen and oxygen atoms in total. The maximum Gasteiger partial charge on any atom is 0.160 e. The molecule has 1 fully saturated rings. The van der Waals surface area contributed by atoms with Gasteiger partial charge in [0.2, 0.25) is 0 Å². The number of hydrogen-bond donors (Lipinski definition) is 0. The minimum Gasteiger partial charge on any atom is -0.379 e. The predicted octanol–water partition coefficient (Wildman–Crippen LogP) is 3.35. The van der Waals surface area contributed by atoms with Gasteiger partial charge < -0.3 is 9.30 Å². The Morgan fingerprint density at radius 3 is 3.05 bits per heavy atom. The smallest absolute Gasteiger partial charge is 0.160 e. The molecule has 0 saturated carbocycles. The number of rotatable bonds is 2. The van der Waals surface area contributed by atoms with Crippen molar-refractivity contribution in [2.75, 3.05) is 13.2 Å². The maximum atomic E-state index is 6.04. The summed E-state index contributed by atoms with van der Waals surface area (Å²) in [4.78, 5) is 8.96. The molecule has 0 bridgehead atoms. The van der Waals surface area contributed by atoms with Crippen LogP contribution in [0.3, 0.4) is 0 Å². The molecule has 1 saturated heterocycles. The van der Waals surface area contributed by atoms with Gasteiger partial charge in [-0.1, -0.05) is 11.6 Å². The van der Waals surface area contributed by atoms with Crippen molar-refractivity contribution in [1.82, 2.24) is 14.5 Å². The average molecular weight is 300 g/mol. The molecule has 0 aromatic carbocycles. The van der Waals surface area contributed by atoms with E-state index in [0.29, 0.717) is 17.5 Å². The maximum absolute atomic E-state index is 6.04. The molecule has 19 heavy (non-hydrogen) atoms. The van der Waals surface area contributed by atoms with Crippen molar-refractivity contribution in [1.29, 1.82) is 0 Å². The number of fused-ring (bicyclic) bond motifs is 1. The highest BCUT2D eigenvalue weighted by molar-refractivity contribution is 6.31. The van der Waals surface area contributed by atoms with E-state index in [0.717, 1.165) is 36.4 Å². The minimum absolute atomic E-state index is 0.141. The monoisotopic (exact) mass is 299 g/mol. The molecular formula is C13H15Cl2N3O. The van der Waals surface area contributed by atoms with Crippen LogP contribution in [-0.2, 0) is 16.2 Å². The largest absolute Gasteiger partial charge is 0.379 e. The van der Waals surface area contributed by atoms with Gasteiger partial charge >= 0.3 is 0 Å². The van der Waals surface area contributed by atoms with Crippen molar-refractivity contribution >= 4 is 34.4 Å². The number of nitrogens with zero attached hydrogens (tertiary/aromatic N) is 3. The van der Waals surface area contributed by atoms with Crippen LogP contribution in [0.1, 0.15) is 25.6 Å². The van der Waals surface area contributed by atoms with Crippen LogP contribution in [0.4, 0.5) is 0 Å². The van der Waals surface area contributed by atoms with E-state index in [1.807, 2.05) is 6.07 Å². The van der Waals surface area contributed by atoms with E-state index in [4.69, 9.17) is 27.9 Å². The Bertz CT molecular complexity index is 605. The summed E-state index contributed by atoms with van der Waals surface area (Å²) in [6, 6.07) is 1.82. The normalized spacial score (nSPS) is 23.9. The number of hydrogen-bond acceptors (Lipinski definition) is 3. The summed E-state index contributed by atoms with van der Waals surface area (Å²) < 4.78 is 7.75. The van der Waals surface area contributed by atoms with Crippen molar-refractivity contribution in [2.24, 2.45) is 0 Å². The van der Waals surface area contributed by atoms with Gasteiger partial charge in [-0.3, -0.25) is 0 Å².